The number of ether oxygens (including phenoxy) is 4. The minimum Gasteiger partial charge on any atom is -0.462 e. The second kappa shape index (κ2) is 6.62. The van der Waals surface area contributed by atoms with Crippen molar-refractivity contribution in [2.75, 3.05) is 13.2 Å². The van der Waals surface area contributed by atoms with Crippen LogP contribution >= 0.6 is 0 Å². The van der Waals surface area contributed by atoms with Gasteiger partial charge in [0.05, 0.1) is 12.0 Å². The summed E-state index contributed by atoms with van der Waals surface area (Å²) in [6.45, 7) is 4.71. The lowest BCUT2D eigenvalue weighted by molar-refractivity contribution is -0.209. The van der Waals surface area contributed by atoms with Crippen LogP contribution in [-0.2, 0) is 28.5 Å². The number of halogens is 2. The summed E-state index contributed by atoms with van der Waals surface area (Å²) in [6.07, 6.45) is 2.63. The lowest BCUT2D eigenvalue weighted by Crippen LogP contribution is -2.58. The largest absolute Gasteiger partial charge is 0.462 e. The van der Waals surface area contributed by atoms with E-state index in [1.54, 1.807) is 0 Å². The van der Waals surface area contributed by atoms with Crippen LogP contribution in [0.2, 0.25) is 0 Å². The average Bonchev–Trinajstić information content (AvgIpc) is 2.93. The summed E-state index contributed by atoms with van der Waals surface area (Å²) in [5, 5.41) is 0. The Morgan fingerprint density at radius 3 is 2.32 bits per heavy atom. The first-order chi connectivity index (χ1) is 13.0. The Morgan fingerprint density at radius 2 is 1.79 bits per heavy atom. The molecule has 0 aromatic carbocycles. The van der Waals surface area contributed by atoms with Crippen molar-refractivity contribution >= 4 is 11.9 Å². The number of carbonyl (C=O) groups is 2. The lowest BCUT2D eigenvalue weighted by Gasteiger charge is -2.57. The van der Waals surface area contributed by atoms with Gasteiger partial charge in [-0.1, -0.05) is 0 Å². The molecule has 0 radical (unpaired) electrons. The minimum atomic E-state index is -3.50. The fourth-order valence-corrected chi connectivity index (χ4v) is 5.81. The van der Waals surface area contributed by atoms with Gasteiger partial charge in [0.2, 0.25) is 0 Å². The van der Waals surface area contributed by atoms with E-state index in [1.807, 2.05) is 13.8 Å². The average molecular weight is 402 g/mol. The number of esters is 2. The Labute approximate surface area is 163 Å². The highest BCUT2D eigenvalue weighted by Gasteiger charge is 2.61. The summed E-state index contributed by atoms with van der Waals surface area (Å²) in [5.41, 5.74) is -0.594. The molecule has 0 spiro atoms. The van der Waals surface area contributed by atoms with Gasteiger partial charge in [-0.3, -0.25) is 4.79 Å². The van der Waals surface area contributed by atoms with Gasteiger partial charge in [-0.25, -0.2) is 4.79 Å². The van der Waals surface area contributed by atoms with Gasteiger partial charge in [0.15, 0.2) is 5.79 Å². The van der Waals surface area contributed by atoms with E-state index in [0.29, 0.717) is 32.3 Å². The summed E-state index contributed by atoms with van der Waals surface area (Å²) in [5.74, 6) is -5.65. The Balaban J connectivity index is 1.39. The summed E-state index contributed by atoms with van der Waals surface area (Å²) in [4.78, 5) is 24.6. The van der Waals surface area contributed by atoms with E-state index in [1.165, 1.54) is 0 Å². The van der Waals surface area contributed by atoms with Crippen molar-refractivity contribution < 1.29 is 37.3 Å². The molecular formula is C20H28F2O6. The third-order valence-corrected chi connectivity index (χ3v) is 6.69. The van der Waals surface area contributed by atoms with Crippen LogP contribution in [0.3, 0.4) is 0 Å². The van der Waals surface area contributed by atoms with Crippen molar-refractivity contribution in [1.29, 1.82) is 0 Å². The van der Waals surface area contributed by atoms with E-state index in [4.69, 9.17) is 18.9 Å². The van der Waals surface area contributed by atoms with Gasteiger partial charge < -0.3 is 18.9 Å². The van der Waals surface area contributed by atoms with Crippen LogP contribution in [0.4, 0.5) is 8.78 Å². The van der Waals surface area contributed by atoms with Crippen LogP contribution < -0.4 is 0 Å². The second-order valence-electron chi connectivity index (χ2n) is 9.56. The molecule has 158 valence electrons. The van der Waals surface area contributed by atoms with Crippen LogP contribution in [0.15, 0.2) is 0 Å². The first-order valence-electron chi connectivity index (χ1n) is 10.1. The quantitative estimate of drug-likeness (QED) is 0.659. The van der Waals surface area contributed by atoms with Crippen LogP contribution in [0, 0.1) is 23.2 Å². The molecule has 4 aliphatic carbocycles. The summed E-state index contributed by atoms with van der Waals surface area (Å²) < 4.78 is 48.5. The highest BCUT2D eigenvalue weighted by Crippen LogP contribution is 2.61. The molecule has 6 nitrogen and oxygen atoms in total. The molecule has 5 fully saturated rings. The van der Waals surface area contributed by atoms with Crippen molar-refractivity contribution in [2.24, 2.45) is 23.2 Å². The van der Waals surface area contributed by atoms with E-state index in [9.17, 15) is 18.4 Å². The van der Waals surface area contributed by atoms with E-state index >= 15 is 0 Å². The molecule has 1 heterocycles. The van der Waals surface area contributed by atoms with Gasteiger partial charge in [-0.05, 0) is 63.7 Å². The van der Waals surface area contributed by atoms with E-state index in [2.05, 4.69) is 0 Å². The fraction of sp³-hybridized carbons (Fsp3) is 0.900. The SMILES string of the molecule is CC1(C)OCC(COC(=O)C23CC4CC(C2)C(OC(=O)C(C)(F)F)C(C4)C3)O1. The summed E-state index contributed by atoms with van der Waals surface area (Å²) in [7, 11) is 0. The smallest absolute Gasteiger partial charge is 0.376 e. The Morgan fingerprint density at radius 1 is 1.14 bits per heavy atom. The molecule has 5 rings (SSSR count). The Kier molecular flexibility index (Phi) is 4.73. The third-order valence-electron chi connectivity index (χ3n) is 6.69. The molecular weight excluding hydrogens is 374 g/mol. The Bertz CT molecular complexity index is 642. The summed E-state index contributed by atoms with van der Waals surface area (Å²) >= 11 is 0. The molecule has 4 bridgehead atoms. The molecule has 5 aliphatic rings. The zero-order chi connectivity index (χ0) is 20.3. The first-order valence-corrected chi connectivity index (χ1v) is 10.1. The molecule has 1 aliphatic heterocycles. The van der Waals surface area contributed by atoms with Crippen molar-refractivity contribution in [3.63, 3.8) is 0 Å². The monoisotopic (exact) mass is 402 g/mol. The van der Waals surface area contributed by atoms with Crippen LogP contribution in [0.25, 0.3) is 0 Å². The molecule has 8 heteroatoms. The zero-order valence-corrected chi connectivity index (χ0v) is 16.5. The topological polar surface area (TPSA) is 71.1 Å². The van der Waals surface area contributed by atoms with Gasteiger partial charge in [0, 0.05) is 6.92 Å². The van der Waals surface area contributed by atoms with Gasteiger partial charge in [-0.2, -0.15) is 8.78 Å². The lowest BCUT2D eigenvalue weighted by atomic mass is 9.48. The van der Waals surface area contributed by atoms with E-state index < -0.39 is 29.2 Å². The van der Waals surface area contributed by atoms with Gasteiger partial charge in [0.1, 0.15) is 18.8 Å². The molecule has 0 amide bonds. The second-order valence-corrected chi connectivity index (χ2v) is 9.56. The molecule has 3 atom stereocenters. The molecule has 0 N–H and O–H groups in total. The number of hydrogen-bond acceptors (Lipinski definition) is 6. The highest BCUT2D eigenvalue weighted by molar-refractivity contribution is 5.78. The predicted molar refractivity (Wildman–Crippen MR) is 92.4 cm³/mol. The van der Waals surface area contributed by atoms with Crippen molar-refractivity contribution in [2.45, 2.75) is 76.8 Å². The van der Waals surface area contributed by atoms with Gasteiger partial charge >= 0.3 is 17.9 Å². The minimum absolute atomic E-state index is 0.0601. The van der Waals surface area contributed by atoms with Crippen molar-refractivity contribution in [3.8, 4) is 0 Å². The molecule has 3 unspecified atom stereocenters. The zero-order valence-electron chi connectivity index (χ0n) is 16.5. The van der Waals surface area contributed by atoms with Crippen LogP contribution in [-0.4, -0.2) is 49.1 Å². The standard InChI is InChI=1S/C20H28F2O6/c1-18(2)26-10-14(28-18)9-25-17(24)20-6-11-4-12(7-20)15(13(5-11)8-20)27-16(23)19(3,21)22/h11-15H,4-10H2,1-3H3. The Hall–Kier alpha value is -1.28. The fourth-order valence-electron chi connectivity index (χ4n) is 5.81. The van der Waals surface area contributed by atoms with Gasteiger partial charge in [-0.15, -0.1) is 0 Å². The van der Waals surface area contributed by atoms with Crippen molar-refractivity contribution in [1.82, 2.24) is 0 Å². The van der Waals surface area contributed by atoms with Crippen molar-refractivity contribution in [3.05, 3.63) is 0 Å². The third kappa shape index (κ3) is 3.65. The summed E-state index contributed by atoms with van der Waals surface area (Å²) in [6, 6.07) is 0. The molecule has 1 saturated heterocycles. The maximum atomic E-state index is 13.3. The first kappa shape index (κ1) is 20.0. The normalized spacial score (nSPS) is 41.1. The highest BCUT2D eigenvalue weighted by atomic mass is 19.3. The number of rotatable bonds is 5. The van der Waals surface area contributed by atoms with E-state index in [-0.39, 0.29) is 30.5 Å². The molecule has 0 aromatic rings. The molecule has 4 saturated carbocycles. The molecule has 0 aromatic heterocycles. The van der Waals surface area contributed by atoms with Crippen LogP contribution in [0.5, 0.6) is 0 Å². The molecule has 28 heavy (non-hydrogen) atoms. The number of hydrogen-bond donors (Lipinski definition) is 0. The van der Waals surface area contributed by atoms with E-state index in [0.717, 1.165) is 19.3 Å². The maximum Gasteiger partial charge on any atom is 0.376 e. The van der Waals surface area contributed by atoms with Crippen LogP contribution in [0.1, 0.15) is 52.9 Å². The van der Waals surface area contributed by atoms with Gasteiger partial charge in [0.25, 0.3) is 0 Å². The maximum absolute atomic E-state index is 13.3. The number of alkyl halides is 2. The number of carbonyl (C=O) groups excluding carboxylic acids is 2. The predicted octanol–water partition coefficient (Wildman–Crippen LogP) is 3.07.